The maximum absolute atomic E-state index is 11.7. The van der Waals surface area contributed by atoms with Crippen LogP contribution in [0.2, 0.25) is 0 Å². The second kappa shape index (κ2) is 6.85. The third kappa shape index (κ3) is 3.91. The molecular weight excluding hydrogens is 268 g/mol. The first kappa shape index (κ1) is 15.7. The van der Waals surface area contributed by atoms with Crippen molar-refractivity contribution >= 4 is 11.7 Å². The highest BCUT2D eigenvalue weighted by atomic mass is 16.3. The molecule has 1 aliphatic rings. The molecule has 116 valence electrons. The molecule has 0 saturated heterocycles. The van der Waals surface area contributed by atoms with Crippen molar-refractivity contribution in [2.24, 2.45) is 5.41 Å². The van der Waals surface area contributed by atoms with E-state index in [-0.39, 0.29) is 17.9 Å². The summed E-state index contributed by atoms with van der Waals surface area (Å²) in [4.78, 5) is 13.2. The zero-order chi connectivity index (χ0) is 15.3. The van der Waals surface area contributed by atoms with Crippen molar-refractivity contribution in [3.05, 3.63) is 17.8 Å². The average Bonchev–Trinajstić information content (AvgIpc) is 2.53. The van der Waals surface area contributed by atoms with Crippen LogP contribution in [0.5, 0.6) is 0 Å². The quantitative estimate of drug-likeness (QED) is 0.860. The first-order chi connectivity index (χ1) is 10.1. The molecule has 21 heavy (non-hydrogen) atoms. The van der Waals surface area contributed by atoms with Crippen LogP contribution in [0.1, 0.15) is 42.6 Å². The fourth-order valence-corrected chi connectivity index (χ4v) is 2.74. The van der Waals surface area contributed by atoms with Gasteiger partial charge in [-0.05, 0) is 25.0 Å². The summed E-state index contributed by atoms with van der Waals surface area (Å²) in [5.74, 6) is 0.483. The van der Waals surface area contributed by atoms with Crippen LogP contribution in [-0.2, 0) is 0 Å². The zero-order valence-corrected chi connectivity index (χ0v) is 12.8. The van der Waals surface area contributed by atoms with Gasteiger partial charge in [0, 0.05) is 26.1 Å². The van der Waals surface area contributed by atoms with Crippen LogP contribution in [0.15, 0.2) is 12.1 Å². The molecule has 1 saturated carbocycles. The van der Waals surface area contributed by atoms with Gasteiger partial charge < -0.3 is 15.3 Å². The van der Waals surface area contributed by atoms with Crippen LogP contribution in [0.3, 0.4) is 0 Å². The Morgan fingerprint density at radius 2 is 2.00 bits per heavy atom. The van der Waals surface area contributed by atoms with Crippen LogP contribution in [-0.4, -0.2) is 53.4 Å². The largest absolute Gasteiger partial charge is 0.396 e. The predicted octanol–water partition coefficient (Wildman–Crippen LogP) is 1.53. The van der Waals surface area contributed by atoms with E-state index in [0.717, 1.165) is 12.8 Å². The molecule has 2 N–H and O–H groups in total. The van der Waals surface area contributed by atoms with Gasteiger partial charge >= 0.3 is 0 Å². The lowest BCUT2D eigenvalue weighted by atomic mass is 9.74. The maximum atomic E-state index is 11.7. The van der Waals surface area contributed by atoms with Crippen LogP contribution >= 0.6 is 0 Å². The Balaban J connectivity index is 1.95. The summed E-state index contributed by atoms with van der Waals surface area (Å²) < 4.78 is 0. The van der Waals surface area contributed by atoms with E-state index >= 15 is 0 Å². The van der Waals surface area contributed by atoms with Gasteiger partial charge in [-0.25, -0.2) is 0 Å². The second-order valence-corrected chi connectivity index (χ2v) is 6.08. The summed E-state index contributed by atoms with van der Waals surface area (Å²) in [7, 11) is 3.37. The molecule has 0 spiro atoms. The van der Waals surface area contributed by atoms with E-state index < -0.39 is 0 Å². The van der Waals surface area contributed by atoms with Gasteiger partial charge in [0.1, 0.15) is 5.82 Å². The number of nitrogens with one attached hydrogen (secondary N) is 1. The summed E-state index contributed by atoms with van der Waals surface area (Å²) in [5.41, 5.74) is 0.290. The number of aliphatic hydroxyl groups excluding tert-OH is 1. The number of aliphatic hydroxyl groups is 1. The highest BCUT2D eigenvalue weighted by molar-refractivity contribution is 5.91. The molecule has 0 radical (unpaired) electrons. The summed E-state index contributed by atoms with van der Waals surface area (Å²) in [6, 6.07) is 3.43. The number of carbonyl (C=O) groups excluding carboxylic acids is 1. The minimum atomic E-state index is -0.159. The molecule has 0 bridgehead atoms. The lowest BCUT2D eigenvalue weighted by molar-refractivity contribution is 0.0821. The SMILES string of the molecule is CN(C)C(=O)c1ccc(NCC2(CO)CCCCC2)nn1. The Morgan fingerprint density at radius 1 is 1.29 bits per heavy atom. The van der Waals surface area contributed by atoms with E-state index in [4.69, 9.17) is 0 Å². The van der Waals surface area contributed by atoms with Gasteiger partial charge in [0.15, 0.2) is 5.69 Å². The lowest BCUT2D eigenvalue weighted by Gasteiger charge is -2.35. The number of hydrogen-bond acceptors (Lipinski definition) is 5. The molecular formula is C15H24N4O2. The Kier molecular flexibility index (Phi) is 5.12. The number of rotatable bonds is 5. The van der Waals surface area contributed by atoms with E-state index in [1.807, 2.05) is 0 Å². The van der Waals surface area contributed by atoms with Crippen LogP contribution in [0.4, 0.5) is 5.82 Å². The molecule has 1 fully saturated rings. The summed E-state index contributed by atoms with van der Waals surface area (Å²) in [6.07, 6.45) is 5.68. The molecule has 1 aromatic rings. The van der Waals surface area contributed by atoms with Gasteiger partial charge in [-0.15, -0.1) is 10.2 Å². The Morgan fingerprint density at radius 3 is 2.52 bits per heavy atom. The Labute approximate surface area is 125 Å². The third-order valence-corrected chi connectivity index (χ3v) is 4.18. The molecule has 6 heteroatoms. The monoisotopic (exact) mass is 292 g/mol. The molecule has 0 aliphatic heterocycles. The number of amides is 1. The number of hydrogen-bond donors (Lipinski definition) is 2. The van der Waals surface area contributed by atoms with Gasteiger partial charge in [-0.3, -0.25) is 4.79 Å². The van der Waals surface area contributed by atoms with Crippen molar-refractivity contribution in [1.29, 1.82) is 0 Å². The van der Waals surface area contributed by atoms with E-state index in [1.54, 1.807) is 26.2 Å². The zero-order valence-electron chi connectivity index (χ0n) is 12.8. The van der Waals surface area contributed by atoms with Gasteiger partial charge in [-0.1, -0.05) is 19.3 Å². The number of aromatic nitrogens is 2. The van der Waals surface area contributed by atoms with Gasteiger partial charge in [0.05, 0.1) is 6.61 Å². The van der Waals surface area contributed by atoms with Crippen LogP contribution in [0, 0.1) is 5.41 Å². The summed E-state index contributed by atoms with van der Waals surface area (Å²) in [5, 5.41) is 20.9. The first-order valence-electron chi connectivity index (χ1n) is 7.46. The molecule has 6 nitrogen and oxygen atoms in total. The molecule has 1 aliphatic carbocycles. The van der Waals surface area contributed by atoms with Crippen molar-refractivity contribution in [1.82, 2.24) is 15.1 Å². The predicted molar refractivity (Wildman–Crippen MR) is 81.1 cm³/mol. The van der Waals surface area contributed by atoms with Crippen molar-refractivity contribution in [2.75, 3.05) is 32.6 Å². The second-order valence-electron chi connectivity index (χ2n) is 6.08. The highest BCUT2D eigenvalue weighted by Gasteiger charge is 2.31. The smallest absolute Gasteiger partial charge is 0.273 e. The summed E-state index contributed by atoms with van der Waals surface area (Å²) in [6.45, 7) is 0.893. The third-order valence-electron chi connectivity index (χ3n) is 4.18. The fourth-order valence-electron chi connectivity index (χ4n) is 2.74. The number of anilines is 1. The Bertz CT molecular complexity index is 467. The standard InChI is InChI=1S/C15H24N4O2/c1-19(2)14(21)12-6-7-13(18-17-12)16-10-15(11-20)8-4-3-5-9-15/h6-7,20H,3-5,8-11H2,1-2H3,(H,16,18). The maximum Gasteiger partial charge on any atom is 0.273 e. The highest BCUT2D eigenvalue weighted by Crippen LogP contribution is 2.35. The summed E-state index contributed by atoms with van der Waals surface area (Å²) >= 11 is 0. The molecule has 0 unspecified atom stereocenters. The van der Waals surface area contributed by atoms with Crippen molar-refractivity contribution in [3.63, 3.8) is 0 Å². The molecule has 0 aromatic carbocycles. The topological polar surface area (TPSA) is 78.4 Å². The van der Waals surface area contributed by atoms with Crippen LogP contribution in [0.25, 0.3) is 0 Å². The molecule has 2 rings (SSSR count). The van der Waals surface area contributed by atoms with Crippen molar-refractivity contribution < 1.29 is 9.90 Å². The Hall–Kier alpha value is -1.69. The van der Waals surface area contributed by atoms with Crippen LogP contribution < -0.4 is 5.32 Å². The van der Waals surface area contributed by atoms with Gasteiger partial charge in [0.25, 0.3) is 5.91 Å². The molecule has 1 heterocycles. The number of carbonyl (C=O) groups is 1. The van der Waals surface area contributed by atoms with E-state index in [0.29, 0.717) is 18.1 Å². The average molecular weight is 292 g/mol. The first-order valence-corrected chi connectivity index (χ1v) is 7.46. The fraction of sp³-hybridized carbons (Fsp3) is 0.667. The lowest BCUT2D eigenvalue weighted by Crippen LogP contribution is -2.35. The minimum Gasteiger partial charge on any atom is -0.396 e. The van der Waals surface area contributed by atoms with Gasteiger partial charge in [0.2, 0.25) is 0 Å². The normalized spacial score (nSPS) is 17.3. The van der Waals surface area contributed by atoms with Gasteiger partial charge in [-0.2, -0.15) is 0 Å². The molecule has 1 amide bonds. The van der Waals surface area contributed by atoms with Crippen molar-refractivity contribution in [2.45, 2.75) is 32.1 Å². The van der Waals surface area contributed by atoms with Crippen molar-refractivity contribution in [3.8, 4) is 0 Å². The van der Waals surface area contributed by atoms with E-state index in [2.05, 4.69) is 15.5 Å². The molecule has 0 atom stereocenters. The number of nitrogens with zero attached hydrogens (tertiary/aromatic N) is 3. The van der Waals surface area contributed by atoms with E-state index in [1.165, 1.54) is 24.2 Å². The van der Waals surface area contributed by atoms with E-state index in [9.17, 15) is 9.90 Å². The minimum absolute atomic E-state index is 0.0436. The molecule has 1 aromatic heterocycles.